The van der Waals surface area contributed by atoms with Gasteiger partial charge in [0.2, 0.25) is 11.8 Å². The zero-order chi connectivity index (χ0) is 17.3. The van der Waals surface area contributed by atoms with E-state index in [1.165, 1.54) is 12.8 Å². The molecule has 0 aromatic carbocycles. The predicted molar refractivity (Wildman–Crippen MR) is 86.8 cm³/mol. The highest BCUT2D eigenvalue weighted by molar-refractivity contribution is 5.82. The molecule has 0 spiro atoms. The molecule has 0 aliphatic heterocycles. The summed E-state index contributed by atoms with van der Waals surface area (Å²) in [6.07, 6.45) is 4.67. The van der Waals surface area contributed by atoms with Gasteiger partial charge in [-0.25, -0.2) is 4.79 Å². The van der Waals surface area contributed by atoms with Crippen LogP contribution in [0.15, 0.2) is 0 Å². The number of carbonyl (C=O) groups is 3. The maximum atomic E-state index is 11.7. The molecule has 1 aliphatic carbocycles. The molecule has 0 heterocycles. The second-order valence-electron chi connectivity index (χ2n) is 6.91. The first-order chi connectivity index (χ1) is 10.8. The Kier molecular flexibility index (Phi) is 7.85. The minimum atomic E-state index is -0.627. The van der Waals surface area contributed by atoms with Crippen molar-refractivity contribution in [2.75, 3.05) is 19.6 Å². The zero-order valence-electron chi connectivity index (χ0n) is 14.4. The van der Waals surface area contributed by atoms with Crippen molar-refractivity contribution in [3.8, 4) is 0 Å². The fourth-order valence-electron chi connectivity index (χ4n) is 2.48. The minimum Gasteiger partial charge on any atom is -0.444 e. The first-order valence-electron chi connectivity index (χ1n) is 8.26. The van der Waals surface area contributed by atoms with E-state index >= 15 is 0 Å². The second-order valence-corrected chi connectivity index (χ2v) is 6.91. The first kappa shape index (κ1) is 19.3. The molecule has 0 bridgehead atoms. The molecule has 0 unspecified atom stereocenters. The Bertz CT molecular complexity index is 412. The lowest BCUT2D eigenvalue weighted by Crippen LogP contribution is -2.42. The average Bonchev–Trinajstić information content (AvgIpc) is 2.92. The number of carbonyl (C=O) groups excluding carboxylic acids is 3. The number of ether oxygens (including phenoxy) is 1. The van der Waals surface area contributed by atoms with E-state index < -0.39 is 11.7 Å². The standard InChI is InChI=1S/C16H29N3O4/c1-16(2,3)23-15(22)19-11-14(21)18-9-8-17-13(20)10-12-6-4-5-7-12/h12H,4-11H2,1-3H3,(H,17,20)(H,18,21)(H,19,22). The molecule has 132 valence electrons. The highest BCUT2D eigenvalue weighted by Crippen LogP contribution is 2.27. The van der Waals surface area contributed by atoms with Crippen molar-refractivity contribution in [2.45, 2.75) is 58.5 Å². The topological polar surface area (TPSA) is 96.5 Å². The summed E-state index contributed by atoms with van der Waals surface area (Å²) in [7, 11) is 0. The van der Waals surface area contributed by atoms with Crippen LogP contribution in [0.5, 0.6) is 0 Å². The van der Waals surface area contributed by atoms with Crippen LogP contribution in [-0.2, 0) is 14.3 Å². The minimum absolute atomic E-state index is 0.0398. The summed E-state index contributed by atoms with van der Waals surface area (Å²) in [4.78, 5) is 34.6. The van der Waals surface area contributed by atoms with E-state index in [9.17, 15) is 14.4 Å². The lowest BCUT2D eigenvalue weighted by Gasteiger charge is -2.19. The molecule has 1 fully saturated rings. The zero-order valence-corrected chi connectivity index (χ0v) is 14.4. The molecule has 3 N–H and O–H groups in total. The summed E-state index contributed by atoms with van der Waals surface area (Å²) >= 11 is 0. The van der Waals surface area contributed by atoms with Crippen molar-refractivity contribution in [2.24, 2.45) is 5.92 Å². The Morgan fingerprint density at radius 2 is 1.52 bits per heavy atom. The molecule has 7 heteroatoms. The van der Waals surface area contributed by atoms with E-state index in [0.717, 1.165) is 12.8 Å². The van der Waals surface area contributed by atoms with Gasteiger partial charge in [-0.3, -0.25) is 9.59 Å². The van der Waals surface area contributed by atoms with Crippen molar-refractivity contribution < 1.29 is 19.1 Å². The largest absolute Gasteiger partial charge is 0.444 e. The average molecular weight is 327 g/mol. The highest BCUT2D eigenvalue weighted by Gasteiger charge is 2.18. The molecule has 7 nitrogen and oxygen atoms in total. The van der Waals surface area contributed by atoms with Crippen LogP contribution in [0.4, 0.5) is 4.79 Å². The van der Waals surface area contributed by atoms with E-state index in [1.807, 2.05) is 0 Å². The van der Waals surface area contributed by atoms with E-state index in [0.29, 0.717) is 25.4 Å². The molecule has 0 aromatic rings. The number of nitrogens with one attached hydrogen (secondary N) is 3. The van der Waals surface area contributed by atoms with Gasteiger partial charge in [-0.05, 0) is 39.5 Å². The van der Waals surface area contributed by atoms with Gasteiger partial charge >= 0.3 is 6.09 Å². The molecule has 1 aliphatic rings. The van der Waals surface area contributed by atoms with Crippen molar-refractivity contribution in [3.05, 3.63) is 0 Å². The molecular formula is C16H29N3O4. The molecule has 1 rings (SSSR count). The fourth-order valence-corrected chi connectivity index (χ4v) is 2.48. The summed E-state index contributed by atoms with van der Waals surface area (Å²) < 4.78 is 5.02. The molecular weight excluding hydrogens is 298 g/mol. The van der Waals surface area contributed by atoms with Crippen LogP contribution in [0.3, 0.4) is 0 Å². The van der Waals surface area contributed by atoms with Crippen LogP contribution in [0.2, 0.25) is 0 Å². The van der Waals surface area contributed by atoms with E-state index in [-0.39, 0.29) is 18.4 Å². The smallest absolute Gasteiger partial charge is 0.408 e. The number of amides is 3. The molecule has 0 aromatic heterocycles. The Balaban J connectivity index is 2.03. The van der Waals surface area contributed by atoms with Crippen molar-refractivity contribution in [1.29, 1.82) is 0 Å². The van der Waals surface area contributed by atoms with E-state index in [4.69, 9.17) is 4.74 Å². The van der Waals surface area contributed by atoms with Crippen LogP contribution >= 0.6 is 0 Å². The third kappa shape index (κ3) is 9.76. The van der Waals surface area contributed by atoms with Gasteiger partial charge in [0.25, 0.3) is 0 Å². The maximum Gasteiger partial charge on any atom is 0.408 e. The summed E-state index contributed by atoms with van der Waals surface area (Å²) in [6, 6.07) is 0. The third-order valence-electron chi connectivity index (χ3n) is 3.51. The van der Waals surface area contributed by atoms with Gasteiger partial charge < -0.3 is 20.7 Å². The Morgan fingerprint density at radius 3 is 2.09 bits per heavy atom. The van der Waals surface area contributed by atoms with Crippen molar-refractivity contribution >= 4 is 17.9 Å². The van der Waals surface area contributed by atoms with Gasteiger partial charge in [-0.15, -0.1) is 0 Å². The molecule has 0 atom stereocenters. The predicted octanol–water partition coefficient (Wildman–Crippen LogP) is 1.32. The van der Waals surface area contributed by atoms with Gasteiger partial charge in [0.15, 0.2) is 0 Å². The van der Waals surface area contributed by atoms with Crippen LogP contribution < -0.4 is 16.0 Å². The Labute approximate surface area is 137 Å². The molecule has 3 amide bonds. The lowest BCUT2D eigenvalue weighted by atomic mass is 10.0. The van der Waals surface area contributed by atoms with E-state index in [1.54, 1.807) is 20.8 Å². The number of hydrogen-bond donors (Lipinski definition) is 3. The second kappa shape index (κ2) is 9.37. The van der Waals surface area contributed by atoms with Gasteiger partial charge in [0.05, 0.1) is 6.54 Å². The Hall–Kier alpha value is -1.79. The van der Waals surface area contributed by atoms with Gasteiger partial charge in [0.1, 0.15) is 5.60 Å². The van der Waals surface area contributed by atoms with E-state index in [2.05, 4.69) is 16.0 Å². The Morgan fingerprint density at radius 1 is 0.957 bits per heavy atom. The third-order valence-corrected chi connectivity index (χ3v) is 3.51. The monoisotopic (exact) mass is 327 g/mol. The molecule has 0 saturated heterocycles. The fraction of sp³-hybridized carbons (Fsp3) is 0.812. The van der Waals surface area contributed by atoms with Crippen LogP contribution in [0.1, 0.15) is 52.9 Å². The normalized spacial score (nSPS) is 15.1. The van der Waals surface area contributed by atoms with Crippen LogP contribution in [-0.4, -0.2) is 43.1 Å². The van der Waals surface area contributed by atoms with Crippen LogP contribution in [0.25, 0.3) is 0 Å². The first-order valence-corrected chi connectivity index (χ1v) is 8.26. The summed E-state index contributed by atoms with van der Waals surface area (Å²) in [5.41, 5.74) is -0.593. The number of hydrogen-bond acceptors (Lipinski definition) is 4. The van der Waals surface area contributed by atoms with Gasteiger partial charge in [-0.1, -0.05) is 12.8 Å². The van der Waals surface area contributed by atoms with Gasteiger partial charge in [-0.2, -0.15) is 0 Å². The highest BCUT2D eigenvalue weighted by atomic mass is 16.6. The number of rotatable bonds is 7. The van der Waals surface area contributed by atoms with Crippen molar-refractivity contribution in [1.82, 2.24) is 16.0 Å². The van der Waals surface area contributed by atoms with Gasteiger partial charge in [0, 0.05) is 19.5 Å². The van der Waals surface area contributed by atoms with Crippen LogP contribution in [0, 0.1) is 5.92 Å². The quantitative estimate of drug-likeness (QED) is 0.615. The number of alkyl carbamates (subject to hydrolysis) is 1. The SMILES string of the molecule is CC(C)(C)OC(=O)NCC(=O)NCCNC(=O)CC1CCCC1. The summed E-state index contributed by atoms with van der Waals surface area (Å²) in [5.74, 6) is 0.238. The molecule has 23 heavy (non-hydrogen) atoms. The molecule has 0 radical (unpaired) electrons. The lowest BCUT2D eigenvalue weighted by molar-refractivity contribution is -0.123. The molecule has 1 saturated carbocycles. The maximum absolute atomic E-state index is 11.7. The summed E-state index contributed by atoms with van der Waals surface area (Å²) in [5, 5.41) is 7.80. The van der Waals surface area contributed by atoms with Crippen molar-refractivity contribution in [3.63, 3.8) is 0 Å². The summed E-state index contributed by atoms with van der Waals surface area (Å²) in [6.45, 7) is 5.84.